The maximum absolute atomic E-state index is 12.0. The number of ether oxygens (including phenoxy) is 1. The molecule has 1 unspecified atom stereocenters. The average molecular weight is 280 g/mol. The predicted molar refractivity (Wildman–Crippen MR) is 78.4 cm³/mol. The number of carbonyl (C=O) groups excluding carboxylic acids is 1. The first-order valence-corrected chi connectivity index (χ1v) is 8.22. The summed E-state index contributed by atoms with van der Waals surface area (Å²) in [6.45, 7) is 5.27. The van der Waals surface area contributed by atoms with Crippen molar-refractivity contribution in [1.29, 1.82) is 0 Å². The topological polar surface area (TPSA) is 41.6 Å². The van der Waals surface area contributed by atoms with Gasteiger partial charge in [-0.15, -0.1) is 0 Å². The molecular weight excluding hydrogens is 252 g/mol. The number of nitrogens with zero attached hydrogens (tertiary/aromatic N) is 1. The average Bonchev–Trinajstić information content (AvgIpc) is 3.38. The van der Waals surface area contributed by atoms with E-state index < -0.39 is 0 Å². The molecule has 0 aromatic carbocycles. The number of likely N-dealkylation sites (tertiary alicyclic amines) is 1. The number of rotatable bonds is 7. The van der Waals surface area contributed by atoms with Gasteiger partial charge in [-0.2, -0.15) is 0 Å². The summed E-state index contributed by atoms with van der Waals surface area (Å²) < 4.78 is 5.09. The van der Waals surface area contributed by atoms with E-state index in [2.05, 4.69) is 10.2 Å². The molecular formula is C16H28N2O2. The number of piperidine rings is 1. The van der Waals surface area contributed by atoms with Crippen molar-refractivity contribution in [2.45, 2.75) is 38.5 Å². The van der Waals surface area contributed by atoms with Gasteiger partial charge < -0.3 is 15.0 Å². The van der Waals surface area contributed by atoms with Gasteiger partial charge in [-0.25, -0.2) is 0 Å². The Balaban J connectivity index is 1.27. The Bertz CT molecular complexity index is 346. The number of hydrogen-bond acceptors (Lipinski definition) is 3. The molecule has 0 aromatic heterocycles. The van der Waals surface area contributed by atoms with Gasteiger partial charge in [-0.05, 0) is 62.9 Å². The summed E-state index contributed by atoms with van der Waals surface area (Å²) in [4.78, 5) is 14.5. The zero-order valence-electron chi connectivity index (χ0n) is 12.7. The minimum atomic E-state index is 0.338. The molecule has 3 rings (SSSR count). The van der Waals surface area contributed by atoms with Crippen LogP contribution in [0.25, 0.3) is 0 Å². The van der Waals surface area contributed by atoms with E-state index in [9.17, 15) is 4.79 Å². The second kappa shape index (κ2) is 6.02. The summed E-state index contributed by atoms with van der Waals surface area (Å²) in [6.07, 6.45) is 7.33. The molecule has 3 fully saturated rings. The number of methoxy groups -OCH3 is 1. The lowest BCUT2D eigenvalue weighted by atomic mass is 9.96. The molecule has 2 aliphatic carbocycles. The molecule has 114 valence electrons. The summed E-state index contributed by atoms with van der Waals surface area (Å²) >= 11 is 0. The van der Waals surface area contributed by atoms with Crippen LogP contribution < -0.4 is 5.32 Å². The quantitative estimate of drug-likeness (QED) is 0.721. The number of amides is 1. The van der Waals surface area contributed by atoms with Gasteiger partial charge in [0, 0.05) is 32.7 Å². The van der Waals surface area contributed by atoms with Crippen LogP contribution in [0.1, 0.15) is 38.5 Å². The lowest BCUT2D eigenvalue weighted by molar-refractivity contribution is -0.123. The smallest absolute Gasteiger partial charge is 0.223 e. The fourth-order valence-electron chi connectivity index (χ4n) is 3.65. The van der Waals surface area contributed by atoms with Crippen LogP contribution in [0, 0.1) is 17.3 Å². The predicted octanol–water partition coefficient (Wildman–Crippen LogP) is 1.65. The molecule has 0 radical (unpaired) electrons. The Morgan fingerprint density at radius 3 is 2.70 bits per heavy atom. The highest BCUT2D eigenvalue weighted by Crippen LogP contribution is 2.70. The summed E-state index contributed by atoms with van der Waals surface area (Å²) in [5, 5.41) is 3.20. The van der Waals surface area contributed by atoms with Crippen molar-refractivity contribution in [2.24, 2.45) is 17.3 Å². The van der Waals surface area contributed by atoms with Gasteiger partial charge in [-0.1, -0.05) is 0 Å². The Labute approximate surface area is 122 Å². The summed E-state index contributed by atoms with van der Waals surface area (Å²) in [7, 11) is 1.76. The maximum atomic E-state index is 12.0. The first-order chi connectivity index (χ1) is 9.73. The van der Waals surface area contributed by atoms with Crippen LogP contribution in [0.3, 0.4) is 0 Å². The van der Waals surface area contributed by atoms with Crippen molar-refractivity contribution in [3.05, 3.63) is 0 Å². The molecule has 1 atom stereocenters. The largest absolute Gasteiger partial charge is 0.385 e. The van der Waals surface area contributed by atoms with Crippen LogP contribution in [0.15, 0.2) is 0 Å². The van der Waals surface area contributed by atoms with Gasteiger partial charge in [0.2, 0.25) is 5.91 Å². The third-order valence-corrected chi connectivity index (χ3v) is 5.49. The van der Waals surface area contributed by atoms with Crippen LogP contribution in [0.5, 0.6) is 0 Å². The Morgan fingerprint density at radius 2 is 2.10 bits per heavy atom. The fraction of sp³-hybridized carbons (Fsp3) is 0.938. The van der Waals surface area contributed by atoms with E-state index in [4.69, 9.17) is 4.74 Å². The van der Waals surface area contributed by atoms with E-state index in [-0.39, 0.29) is 0 Å². The molecule has 1 N–H and O–H groups in total. The van der Waals surface area contributed by atoms with Gasteiger partial charge in [0.25, 0.3) is 0 Å². The van der Waals surface area contributed by atoms with Crippen LogP contribution in [-0.2, 0) is 9.53 Å². The highest BCUT2D eigenvalue weighted by Gasteiger charge is 2.65. The third kappa shape index (κ3) is 3.34. The van der Waals surface area contributed by atoms with E-state index in [0.717, 1.165) is 32.5 Å². The standard InChI is InChI=1S/C16H28N2O2/c1-20-10-2-7-18-8-3-13(4-9-18)12-17-15(19)14-11-16(14)5-6-16/h13-14H,2-12H2,1H3,(H,17,19). The molecule has 2 saturated carbocycles. The van der Waals surface area contributed by atoms with Gasteiger partial charge in [-0.3, -0.25) is 4.79 Å². The summed E-state index contributed by atoms with van der Waals surface area (Å²) in [6, 6.07) is 0. The van der Waals surface area contributed by atoms with Gasteiger partial charge in [0.05, 0.1) is 0 Å². The molecule has 0 aromatic rings. The minimum Gasteiger partial charge on any atom is -0.385 e. The minimum absolute atomic E-state index is 0.338. The van der Waals surface area contributed by atoms with Crippen molar-refractivity contribution in [3.8, 4) is 0 Å². The fourth-order valence-corrected chi connectivity index (χ4v) is 3.65. The normalized spacial score (nSPS) is 28.6. The van der Waals surface area contributed by atoms with Gasteiger partial charge in [0.1, 0.15) is 0 Å². The molecule has 1 saturated heterocycles. The second-order valence-corrected chi connectivity index (χ2v) is 7.00. The summed E-state index contributed by atoms with van der Waals surface area (Å²) in [5.74, 6) is 1.40. The zero-order valence-corrected chi connectivity index (χ0v) is 12.7. The lowest BCUT2D eigenvalue weighted by Gasteiger charge is -2.32. The van der Waals surface area contributed by atoms with Crippen molar-refractivity contribution < 1.29 is 9.53 Å². The van der Waals surface area contributed by atoms with Gasteiger partial charge in [0.15, 0.2) is 0 Å². The monoisotopic (exact) mass is 280 g/mol. The Morgan fingerprint density at radius 1 is 1.35 bits per heavy atom. The number of carbonyl (C=O) groups is 1. The van der Waals surface area contributed by atoms with E-state index in [0.29, 0.717) is 23.2 Å². The van der Waals surface area contributed by atoms with E-state index in [1.165, 1.54) is 38.8 Å². The first-order valence-electron chi connectivity index (χ1n) is 8.22. The third-order valence-electron chi connectivity index (χ3n) is 5.49. The number of hydrogen-bond donors (Lipinski definition) is 1. The summed E-state index contributed by atoms with van der Waals surface area (Å²) in [5.41, 5.74) is 0.495. The first kappa shape index (κ1) is 14.3. The van der Waals surface area contributed by atoms with Crippen LogP contribution in [0.4, 0.5) is 0 Å². The number of nitrogens with one attached hydrogen (secondary N) is 1. The van der Waals surface area contributed by atoms with Crippen molar-refractivity contribution in [2.75, 3.05) is 39.9 Å². The Hall–Kier alpha value is -0.610. The second-order valence-electron chi connectivity index (χ2n) is 7.00. The highest BCUT2D eigenvalue weighted by molar-refractivity contribution is 5.83. The van der Waals surface area contributed by atoms with Crippen LogP contribution in [0.2, 0.25) is 0 Å². The maximum Gasteiger partial charge on any atom is 0.223 e. The molecule has 4 heteroatoms. The molecule has 0 bridgehead atoms. The molecule has 20 heavy (non-hydrogen) atoms. The molecule has 3 aliphatic rings. The molecule has 1 heterocycles. The van der Waals surface area contributed by atoms with Crippen molar-refractivity contribution >= 4 is 5.91 Å². The van der Waals surface area contributed by atoms with E-state index in [1.807, 2.05) is 0 Å². The molecule has 4 nitrogen and oxygen atoms in total. The van der Waals surface area contributed by atoms with E-state index >= 15 is 0 Å². The molecule has 1 spiro atoms. The highest BCUT2D eigenvalue weighted by atomic mass is 16.5. The SMILES string of the molecule is COCCCN1CCC(CNC(=O)C2CC23CC3)CC1. The van der Waals surface area contributed by atoms with Crippen molar-refractivity contribution in [3.63, 3.8) is 0 Å². The van der Waals surface area contributed by atoms with Crippen molar-refractivity contribution in [1.82, 2.24) is 10.2 Å². The zero-order chi connectivity index (χ0) is 14.0. The lowest BCUT2D eigenvalue weighted by Crippen LogP contribution is -2.39. The van der Waals surface area contributed by atoms with E-state index in [1.54, 1.807) is 7.11 Å². The van der Waals surface area contributed by atoms with Crippen LogP contribution in [-0.4, -0.2) is 50.7 Å². The molecule has 1 aliphatic heterocycles. The Kier molecular flexibility index (Phi) is 4.32. The van der Waals surface area contributed by atoms with Crippen LogP contribution >= 0.6 is 0 Å². The molecule has 1 amide bonds. The van der Waals surface area contributed by atoms with Gasteiger partial charge >= 0.3 is 0 Å².